The van der Waals surface area contributed by atoms with Crippen LogP contribution in [0.2, 0.25) is 0 Å². The fourth-order valence-corrected chi connectivity index (χ4v) is 4.25. The molecule has 0 bridgehead atoms. The number of sulfonamides is 1. The van der Waals surface area contributed by atoms with E-state index >= 15 is 0 Å². The van der Waals surface area contributed by atoms with Gasteiger partial charge in [-0.15, -0.1) is 0 Å². The predicted molar refractivity (Wildman–Crippen MR) is 89.7 cm³/mol. The van der Waals surface area contributed by atoms with Gasteiger partial charge in [0.05, 0.1) is 4.90 Å². The van der Waals surface area contributed by atoms with Crippen LogP contribution in [0.3, 0.4) is 0 Å². The van der Waals surface area contributed by atoms with Gasteiger partial charge in [-0.05, 0) is 30.9 Å². The number of nitrogens with one attached hydrogen (secondary N) is 1. The fraction of sp³-hybridized carbons (Fsp3) is 0.462. The maximum atomic E-state index is 12.4. The number of thiocarbonyl (C=S) groups is 1. The zero-order valence-corrected chi connectivity index (χ0v) is 14.1. The zero-order chi connectivity index (χ0) is 15.2. The highest BCUT2D eigenvalue weighted by molar-refractivity contribution is 7.99. The standard InChI is InChI=1S/C13H20N2O2S3/c1-3-19-9-8-10(2)15-20(16,17)12-7-5-4-6-11(12)13(14)18/h4-7,10,15H,3,8-9H2,1-2H3,(H2,14,18). The van der Waals surface area contributed by atoms with E-state index in [0.29, 0.717) is 5.56 Å². The Bertz CT molecular complexity index is 558. The van der Waals surface area contributed by atoms with Gasteiger partial charge in [0.25, 0.3) is 0 Å². The Morgan fingerprint density at radius 2 is 2.10 bits per heavy atom. The first kappa shape index (κ1) is 17.4. The molecule has 0 aliphatic heterocycles. The first-order valence-electron chi connectivity index (χ1n) is 6.37. The van der Waals surface area contributed by atoms with Crippen molar-refractivity contribution in [1.29, 1.82) is 0 Å². The van der Waals surface area contributed by atoms with Crippen LogP contribution >= 0.6 is 24.0 Å². The third kappa shape index (κ3) is 5.05. The second kappa shape index (κ2) is 7.97. The quantitative estimate of drug-likeness (QED) is 0.564. The summed E-state index contributed by atoms with van der Waals surface area (Å²) in [4.78, 5) is 0.225. The van der Waals surface area contributed by atoms with Crippen molar-refractivity contribution in [2.45, 2.75) is 31.2 Å². The summed E-state index contributed by atoms with van der Waals surface area (Å²) in [7, 11) is -3.60. The maximum absolute atomic E-state index is 12.4. The molecule has 0 aromatic heterocycles. The topological polar surface area (TPSA) is 72.2 Å². The van der Waals surface area contributed by atoms with Crippen molar-refractivity contribution in [1.82, 2.24) is 4.72 Å². The highest BCUT2D eigenvalue weighted by atomic mass is 32.2. The lowest BCUT2D eigenvalue weighted by Crippen LogP contribution is -2.34. The van der Waals surface area contributed by atoms with Crippen molar-refractivity contribution in [3.63, 3.8) is 0 Å². The Hall–Kier alpha value is -0.630. The molecule has 0 radical (unpaired) electrons. The average Bonchev–Trinajstić information content (AvgIpc) is 2.38. The summed E-state index contributed by atoms with van der Waals surface area (Å²) >= 11 is 6.69. The molecule has 1 aromatic rings. The van der Waals surface area contributed by atoms with E-state index in [1.807, 2.05) is 6.92 Å². The molecule has 0 heterocycles. The van der Waals surface area contributed by atoms with Gasteiger partial charge >= 0.3 is 0 Å². The highest BCUT2D eigenvalue weighted by Gasteiger charge is 2.21. The summed E-state index contributed by atoms with van der Waals surface area (Å²) in [5, 5.41) is 0. The van der Waals surface area contributed by atoms with Crippen LogP contribution in [0, 0.1) is 0 Å². The molecular weight excluding hydrogens is 312 g/mol. The fourth-order valence-electron chi connectivity index (χ4n) is 1.70. The molecule has 0 fully saturated rings. The van der Waals surface area contributed by atoms with Gasteiger partial charge in [0.2, 0.25) is 10.0 Å². The molecule has 20 heavy (non-hydrogen) atoms. The average molecular weight is 333 g/mol. The number of rotatable bonds is 8. The largest absolute Gasteiger partial charge is 0.389 e. The van der Waals surface area contributed by atoms with Crippen molar-refractivity contribution in [3.8, 4) is 0 Å². The van der Waals surface area contributed by atoms with E-state index in [9.17, 15) is 8.42 Å². The van der Waals surface area contributed by atoms with Crippen LogP contribution < -0.4 is 10.5 Å². The number of nitrogens with two attached hydrogens (primary N) is 1. The summed E-state index contributed by atoms with van der Waals surface area (Å²) in [6.45, 7) is 3.94. The molecule has 0 amide bonds. The molecule has 7 heteroatoms. The lowest BCUT2D eigenvalue weighted by molar-refractivity contribution is 0.557. The molecule has 0 saturated carbocycles. The maximum Gasteiger partial charge on any atom is 0.241 e. The third-order valence-electron chi connectivity index (χ3n) is 2.70. The number of hydrogen-bond acceptors (Lipinski definition) is 4. The van der Waals surface area contributed by atoms with Crippen molar-refractivity contribution in [2.75, 3.05) is 11.5 Å². The molecule has 1 atom stereocenters. The minimum atomic E-state index is -3.60. The van der Waals surface area contributed by atoms with Crippen LogP contribution in [0.4, 0.5) is 0 Å². The van der Waals surface area contributed by atoms with E-state index < -0.39 is 10.0 Å². The van der Waals surface area contributed by atoms with Crippen LogP contribution in [0.25, 0.3) is 0 Å². The zero-order valence-electron chi connectivity index (χ0n) is 11.6. The van der Waals surface area contributed by atoms with Crippen LogP contribution in [0.5, 0.6) is 0 Å². The highest BCUT2D eigenvalue weighted by Crippen LogP contribution is 2.16. The Labute approximate surface area is 130 Å². The predicted octanol–water partition coefficient (Wildman–Crippen LogP) is 2.13. The molecule has 0 spiro atoms. The molecular formula is C13H20N2O2S3. The van der Waals surface area contributed by atoms with Crippen molar-refractivity contribution in [2.24, 2.45) is 5.73 Å². The van der Waals surface area contributed by atoms with Gasteiger partial charge in [-0.2, -0.15) is 11.8 Å². The summed E-state index contributed by atoms with van der Waals surface area (Å²) in [6, 6.07) is 6.39. The van der Waals surface area contributed by atoms with Gasteiger partial charge in [-0.3, -0.25) is 0 Å². The second-order valence-electron chi connectivity index (χ2n) is 4.37. The summed E-state index contributed by atoms with van der Waals surface area (Å²) < 4.78 is 27.4. The van der Waals surface area contributed by atoms with Crippen LogP contribution in [-0.2, 0) is 10.0 Å². The van der Waals surface area contributed by atoms with Crippen molar-refractivity contribution >= 4 is 39.0 Å². The van der Waals surface area contributed by atoms with Gasteiger partial charge in [0, 0.05) is 11.6 Å². The minimum Gasteiger partial charge on any atom is -0.389 e. The second-order valence-corrected chi connectivity index (χ2v) is 7.88. The smallest absolute Gasteiger partial charge is 0.241 e. The number of thioether (sulfide) groups is 1. The molecule has 3 N–H and O–H groups in total. The third-order valence-corrected chi connectivity index (χ3v) is 5.50. The summed E-state index contributed by atoms with van der Waals surface area (Å²) in [6.07, 6.45) is 0.785. The Morgan fingerprint density at radius 1 is 1.45 bits per heavy atom. The normalized spacial score (nSPS) is 13.1. The molecule has 0 aliphatic carbocycles. The minimum absolute atomic E-state index is 0.0835. The van der Waals surface area contributed by atoms with E-state index in [1.54, 1.807) is 30.0 Å². The molecule has 112 valence electrons. The Kier molecular flexibility index (Phi) is 6.94. The van der Waals surface area contributed by atoms with Crippen LogP contribution in [0.15, 0.2) is 29.2 Å². The monoisotopic (exact) mass is 332 g/mol. The Balaban J connectivity index is 2.86. The molecule has 1 unspecified atom stereocenters. The summed E-state index contributed by atoms with van der Waals surface area (Å²) in [5.74, 6) is 1.96. The first-order valence-corrected chi connectivity index (χ1v) is 9.42. The SMILES string of the molecule is CCSCCC(C)NS(=O)(=O)c1ccccc1C(N)=S. The van der Waals surface area contributed by atoms with Gasteiger partial charge in [0.15, 0.2) is 0 Å². The lowest BCUT2D eigenvalue weighted by Gasteiger charge is -2.15. The number of benzene rings is 1. The van der Waals surface area contributed by atoms with Crippen molar-refractivity contribution < 1.29 is 8.42 Å². The van der Waals surface area contributed by atoms with Crippen molar-refractivity contribution in [3.05, 3.63) is 29.8 Å². The molecule has 1 rings (SSSR count). The number of hydrogen-bond donors (Lipinski definition) is 2. The molecule has 1 aromatic carbocycles. The van der Waals surface area contributed by atoms with Crippen LogP contribution in [-0.4, -0.2) is 31.0 Å². The molecule has 0 saturated heterocycles. The molecule has 4 nitrogen and oxygen atoms in total. The first-order chi connectivity index (χ1) is 9.38. The lowest BCUT2D eigenvalue weighted by atomic mass is 10.2. The van der Waals surface area contributed by atoms with E-state index in [0.717, 1.165) is 17.9 Å². The van der Waals surface area contributed by atoms with E-state index in [1.165, 1.54) is 6.07 Å². The van der Waals surface area contributed by atoms with E-state index in [2.05, 4.69) is 11.6 Å². The van der Waals surface area contributed by atoms with Crippen LogP contribution in [0.1, 0.15) is 25.8 Å². The Morgan fingerprint density at radius 3 is 2.70 bits per heavy atom. The van der Waals surface area contributed by atoms with Gasteiger partial charge in [-0.25, -0.2) is 13.1 Å². The van der Waals surface area contributed by atoms with Gasteiger partial charge < -0.3 is 5.73 Å². The van der Waals surface area contributed by atoms with Gasteiger partial charge in [-0.1, -0.05) is 37.3 Å². The van der Waals surface area contributed by atoms with E-state index in [-0.39, 0.29) is 15.9 Å². The summed E-state index contributed by atoms with van der Waals surface area (Å²) in [5.41, 5.74) is 5.96. The molecule has 0 aliphatic rings. The van der Waals surface area contributed by atoms with Gasteiger partial charge in [0.1, 0.15) is 4.99 Å². The van der Waals surface area contributed by atoms with E-state index in [4.69, 9.17) is 18.0 Å².